The molecule has 0 bridgehead atoms. The Morgan fingerprint density at radius 3 is 3.00 bits per heavy atom. The number of nitrogens with one attached hydrogen (secondary N) is 1. The van der Waals surface area contributed by atoms with Crippen molar-refractivity contribution in [2.45, 2.75) is 0 Å². The van der Waals surface area contributed by atoms with E-state index in [2.05, 4.69) is 5.32 Å². The zero-order chi connectivity index (χ0) is 8.97. The van der Waals surface area contributed by atoms with Gasteiger partial charge in [-0.3, -0.25) is 4.79 Å². The van der Waals surface area contributed by atoms with E-state index in [1.807, 2.05) is 0 Å². The van der Waals surface area contributed by atoms with Crippen LogP contribution in [0.3, 0.4) is 0 Å². The molecule has 0 aliphatic heterocycles. The van der Waals surface area contributed by atoms with Gasteiger partial charge in [-0.15, -0.1) is 11.3 Å². The summed E-state index contributed by atoms with van der Waals surface area (Å²) in [5, 5.41) is 4.59. The van der Waals surface area contributed by atoms with Crippen LogP contribution in [0, 0.1) is 0 Å². The summed E-state index contributed by atoms with van der Waals surface area (Å²) in [6.45, 7) is -0.501. The zero-order valence-electron chi connectivity index (χ0n) is 6.14. The molecule has 1 rings (SSSR count). The number of alkyl halides is 1. The summed E-state index contributed by atoms with van der Waals surface area (Å²) in [4.78, 5) is 11.6. The summed E-state index contributed by atoms with van der Waals surface area (Å²) in [6.07, 6.45) is 0. The number of thiophene rings is 1. The van der Waals surface area contributed by atoms with Crippen molar-refractivity contribution >= 4 is 28.8 Å². The lowest BCUT2D eigenvalue weighted by Gasteiger charge is -1.97. The van der Waals surface area contributed by atoms with Gasteiger partial charge in [-0.2, -0.15) is 0 Å². The topological polar surface area (TPSA) is 29.1 Å². The largest absolute Gasteiger partial charge is 0.349 e. The maximum atomic E-state index is 11.6. The molecule has 0 radical (unpaired) electrons. The van der Waals surface area contributed by atoms with Crippen LogP contribution < -0.4 is 5.32 Å². The van der Waals surface area contributed by atoms with E-state index >= 15 is 0 Å². The third-order valence-corrected chi connectivity index (χ3v) is 2.45. The molecule has 0 aliphatic carbocycles. The van der Waals surface area contributed by atoms with E-state index in [1.54, 1.807) is 11.4 Å². The molecule has 0 aromatic carbocycles. The van der Waals surface area contributed by atoms with Crippen LogP contribution in [0.4, 0.5) is 4.39 Å². The van der Waals surface area contributed by atoms with Gasteiger partial charge in [0.15, 0.2) is 0 Å². The molecule has 0 fully saturated rings. The molecular weight excluding hydrogens is 201 g/mol. The first-order valence-electron chi connectivity index (χ1n) is 3.32. The summed E-state index contributed by atoms with van der Waals surface area (Å²) < 4.78 is 11.6. The van der Waals surface area contributed by atoms with Crippen molar-refractivity contribution in [2.75, 3.05) is 13.2 Å². The second-order valence-corrected chi connectivity index (χ2v) is 3.42. The molecule has 1 heterocycles. The van der Waals surface area contributed by atoms with Crippen LogP contribution in [0.1, 0.15) is 9.67 Å². The van der Waals surface area contributed by atoms with Gasteiger partial charge < -0.3 is 5.32 Å². The molecule has 1 amide bonds. The van der Waals surface area contributed by atoms with Crippen LogP contribution in [0.2, 0.25) is 5.02 Å². The molecule has 1 N–H and O–H groups in total. The monoisotopic (exact) mass is 207 g/mol. The Bertz CT molecular complexity index is 276. The molecule has 0 unspecified atom stereocenters. The van der Waals surface area contributed by atoms with Gasteiger partial charge >= 0.3 is 0 Å². The minimum absolute atomic E-state index is 0.0500. The molecular formula is C7H7ClFNOS. The highest BCUT2D eigenvalue weighted by atomic mass is 35.5. The predicted molar refractivity (Wildman–Crippen MR) is 47.6 cm³/mol. The number of carbonyl (C=O) groups excluding carboxylic acids is 1. The van der Waals surface area contributed by atoms with Gasteiger partial charge in [0.25, 0.3) is 5.91 Å². The summed E-state index contributed by atoms with van der Waals surface area (Å²) >= 11 is 6.84. The minimum Gasteiger partial charge on any atom is -0.349 e. The number of hydrogen-bond acceptors (Lipinski definition) is 2. The first-order chi connectivity index (χ1) is 5.74. The number of hydrogen-bond donors (Lipinski definition) is 1. The molecule has 1 aromatic rings. The average Bonchev–Trinajstić information content (AvgIpc) is 2.47. The second-order valence-electron chi connectivity index (χ2n) is 2.07. The van der Waals surface area contributed by atoms with E-state index in [9.17, 15) is 9.18 Å². The maximum absolute atomic E-state index is 11.6. The van der Waals surface area contributed by atoms with E-state index in [0.717, 1.165) is 0 Å². The SMILES string of the molecule is O=C(NCCF)c1cc(Cl)cs1. The highest BCUT2D eigenvalue weighted by Crippen LogP contribution is 2.18. The fourth-order valence-electron chi connectivity index (χ4n) is 0.680. The van der Waals surface area contributed by atoms with Crippen LogP contribution in [-0.2, 0) is 0 Å². The fraction of sp³-hybridized carbons (Fsp3) is 0.286. The van der Waals surface area contributed by atoms with Gasteiger partial charge in [0, 0.05) is 11.9 Å². The molecule has 1 aromatic heterocycles. The first kappa shape index (κ1) is 9.48. The fourth-order valence-corrected chi connectivity index (χ4v) is 1.67. The molecule has 12 heavy (non-hydrogen) atoms. The van der Waals surface area contributed by atoms with Crippen molar-refractivity contribution in [3.8, 4) is 0 Å². The van der Waals surface area contributed by atoms with Crippen LogP contribution >= 0.6 is 22.9 Å². The highest BCUT2D eigenvalue weighted by Gasteiger charge is 2.06. The lowest BCUT2D eigenvalue weighted by molar-refractivity contribution is 0.0955. The Kier molecular flexibility index (Phi) is 3.49. The normalized spacial score (nSPS) is 9.83. The van der Waals surface area contributed by atoms with Crippen LogP contribution in [0.15, 0.2) is 11.4 Å². The summed E-state index contributed by atoms with van der Waals surface area (Å²) in [5.41, 5.74) is 0. The first-order valence-corrected chi connectivity index (χ1v) is 4.58. The standard InChI is InChI=1S/C7H7ClFNOS/c8-5-3-6(12-4-5)7(11)10-2-1-9/h3-4H,1-2H2,(H,10,11). The lowest BCUT2D eigenvalue weighted by Crippen LogP contribution is -2.24. The predicted octanol–water partition coefficient (Wildman–Crippen LogP) is 2.10. The quantitative estimate of drug-likeness (QED) is 0.808. The zero-order valence-corrected chi connectivity index (χ0v) is 7.71. The number of halogens is 2. The average molecular weight is 208 g/mol. The van der Waals surface area contributed by atoms with E-state index < -0.39 is 6.67 Å². The van der Waals surface area contributed by atoms with Crippen LogP contribution in [0.5, 0.6) is 0 Å². The van der Waals surface area contributed by atoms with Crippen molar-refractivity contribution in [3.63, 3.8) is 0 Å². The number of rotatable bonds is 3. The van der Waals surface area contributed by atoms with Crippen molar-refractivity contribution < 1.29 is 9.18 Å². The molecule has 0 saturated carbocycles. The second kappa shape index (κ2) is 4.42. The van der Waals surface area contributed by atoms with E-state index in [0.29, 0.717) is 9.90 Å². The Balaban J connectivity index is 2.53. The Hall–Kier alpha value is -0.610. The maximum Gasteiger partial charge on any atom is 0.261 e. The Morgan fingerprint density at radius 2 is 2.50 bits per heavy atom. The molecule has 66 valence electrons. The smallest absolute Gasteiger partial charge is 0.261 e. The summed E-state index contributed by atoms with van der Waals surface area (Å²) in [6, 6.07) is 1.56. The third-order valence-electron chi connectivity index (χ3n) is 1.17. The molecule has 5 heteroatoms. The van der Waals surface area contributed by atoms with Gasteiger partial charge in [-0.05, 0) is 6.07 Å². The third kappa shape index (κ3) is 2.46. The van der Waals surface area contributed by atoms with Crippen molar-refractivity contribution in [1.82, 2.24) is 5.32 Å². The van der Waals surface area contributed by atoms with Gasteiger partial charge in [0.1, 0.15) is 6.67 Å². The molecule has 0 atom stereocenters. The summed E-state index contributed by atoms with van der Waals surface area (Å²) in [7, 11) is 0. The van der Waals surface area contributed by atoms with E-state index in [-0.39, 0.29) is 12.5 Å². The molecule has 0 saturated heterocycles. The minimum atomic E-state index is -0.551. The van der Waals surface area contributed by atoms with Gasteiger partial charge in [-0.1, -0.05) is 11.6 Å². The molecule has 2 nitrogen and oxygen atoms in total. The van der Waals surface area contributed by atoms with Crippen molar-refractivity contribution in [3.05, 3.63) is 21.3 Å². The Labute approximate surface area is 78.3 Å². The highest BCUT2D eigenvalue weighted by molar-refractivity contribution is 7.12. The van der Waals surface area contributed by atoms with Crippen LogP contribution in [-0.4, -0.2) is 19.1 Å². The van der Waals surface area contributed by atoms with Gasteiger partial charge in [-0.25, -0.2) is 4.39 Å². The van der Waals surface area contributed by atoms with Crippen LogP contribution in [0.25, 0.3) is 0 Å². The summed E-state index contributed by atoms with van der Waals surface area (Å²) in [5.74, 6) is -0.274. The van der Waals surface area contributed by atoms with E-state index in [1.165, 1.54) is 11.3 Å². The number of amides is 1. The molecule has 0 spiro atoms. The molecule has 0 aliphatic rings. The Morgan fingerprint density at radius 1 is 1.75 bits per heavy atom. The lowest BCUT2D eigenvalue weighted by atomic mass is 10.4. The van der Waals surface area contributed by atoms with Crippen molar-refractivity contribution in [2.24, 2.45) is 0 Å². The van der Waals surface area contributed by atoms with Gasteiger partial charge in [0.2, 0.25) is 0 Å². The van der Waals surface area contributed by atoms with Gasteiger partial charge in [0.05, 0.1) is 9.90 Å². The van der Waals surface area contributed by atoms with Crippen molar-refractivity contribution in [1.29, 1.82) is 0 Å². The number of carbonyl (C=O) groups is 1. The van der Waals surface area contributed by atoms with E-state index in [4.69, 9.17) is 11.6 Å².